The molecule has 2 fully saturated rings. The van der Waals surface area contributed by atoms with Crippen molar-refractivity contribution < 1.29 is 4.79 Å². The van der Waals surface area contributed by atoms with Gasteiger partial charge in [-0.3, -0.25) is 4.79 Å². The van der Waals surface area contributed by atoms with Gasteiger partial charge in [0.2, 0.25) is 5.91 Å². The number of amides is 1. The molecule has 3 nitrogen and oxygen atoms in total. The molecule has 1 amide bonds. The van der Waals surface area contributed by atoms with E-state index in [1.807, 2.05) is 11.9 Å². The van der Waals surface area contributed by atoms with Crippen LogP contribution in [0.5, 0.6) is 0 Å². The van der Waals surface area contributed by atoms with Crippen LogP contribution in [0.3, 0.4) is 0 Å². The van der Waals surface area contributed by atoms with E-state index < -0.39 is 0 Å². The molecule has 0 radical (unpaired) electrons. The Labute approximate surface area is 127 Å². The minimum atomic E-state index is 0. The first-order chi connectivity index (χ1) is 8.63. The Bertz CT molecular complexity index is 299. The van der Waals surface area contributed by atoms with Crippen LogP contribution in [0, 0.1) is 11.8 Å². The summed E-state index contributed by atoms with van der Waals surface area (Å²) in [5, 5.41) is 4.03. The fraction of sp³-hybridized carbons (Fsp3) is 0.929. The molecule has 1 saturated heterocycles. The third-order valence-corrected chi connectivity index (χ3v) is 5.80. The van der Waals surface area contributed by atoms with Gasteiger partial charge in [0.05, 0.1) is 0 Å². The van der Waals surface area contributed by atoms with Crippen LogP contribution in [0.15, 0.2) is 0 Å². The van der Waals surface area contributed by atoms with Crippen molar-refractivity contribution in [1.82, 2.24) is 10.2 Å². The van der Waals surface area contributed by atoms with Crippen LogP contribution in [0.1, 0.15) is 33.1 Å². The second-order valence-electron chi connectivity index (χ2n) is 5.70. The van der Waals surface area contributed by atoms with Crippen LogP contribution in [-0.4, -0.2) is 48.0 Å². The summed E-state index contributed by atoms with van der Waals surface area (Å²) >= 11 is 2.05. The quantitative estimate of drug-likeness (QED) is 0.846. The van der Waals surface area contributed by atoms with Gasteiger partial charge in [-0.2, -0.15) is 11.8 Å². The smallest absolute Gasteiger partial charge is 0.225 e. The third-order valence-electron chi connectivity index (χ3n) is 4.56. The number of carbonyl (C=O) groups excluding carboxylic acids is 1. The summed E-state index contributed by atoms with van der Waals surface area (Å²) in [6.07, 6.45) is 3.66. The number of nitrogens with zero attached hydrogens (tertiary/aromatic N) is 1. The molecule has 0 aromatic heterocycles. The maximum Gasteiger partial charge on any atom is 0.225 e. The van der Waals surface area contributed by atoms with Gasteiger partial charge in [-0.1, -0.05) is 13.8 Å². The lowest BCUT2D eigenvalue weighted by Crippen LogP contribution is -2.51. The number of nitrogens with one attached hydrogen (secondary N) is 1. The molecule has 1 saturated carbocycles. The fourth-order valence-electron chi connectivity index (χ4n) is 3.02. The van der Waals surface area contributed by atoms with Crippen LogP contribution >= 0.6 is 24.2 Å². The van der Waals surface area contributed by atoms with E-state index >= 15 is 0 Å². The molecule has 2 rings (SSSR count). The Morgan fingerprint density at radius 2 is 2.11 bits per heavy atom. The molecule has 2 aliphatic rings. The van der Waals surface area contributed by atoms with E-state index in [0.717, 1.165) is 18.3 Å². The van der Waals surface area contributed by atoms with Gasteiger partial charge in [0, 0.05) is 24.3 Å². The van der Waals surface area contributed by atoms with E-state index in [9.17, 15) is 4.79 Å². The minimum Gasteiger partial charge on any atom is -0.342 e. The summed E-state index contributed by atoms with van der Waals surface area (Å²) in [5.74, 6) is 2.30. The molecule has 0 spiro atoms. The van der Waals surface area contributed by atoms with Crippen molar-refractivity contribution in [2.45, 2.75) is 44.4 Å². The molecule has 5 heteroatoms. The molecule has 1 N–H and O–H groups in total. The number of thioether (sulfide) groups is 1. The van der Waals surface area contributed by atoms with Crippen molar-refractivity contribution in [3.05, 3.63) is 0 Å². The summed E-state index contributed by atoms with van der Waals surface area (Å²) in [5.41, 5.74) is 0. The van der Waals surface area contributed by atoms with Gasteiger partial charge in [0.1, 0.15) is 0 Å². The number of rotatable bonds is 5. The Morgan fingerprint density at radius 3 is 2.63 bits per heavy atom. The zero-order chi connectivity index (χ0) is 13.1. The van der Waals surface area contributed by atoms with Crippen molar-refractivity contribution >= 4 is 30.1 Å². The molecule has 112 valence electrons. The van der Waals surface area contributed by atoms with Gasteiger partial charge < -0.3 is 10.2 Å². The van der Waals surface area contributed by atoms with E-state index in [0.29, 0.717) is 17.9 Å². The summed E-state index contributed by atoms with van der Waals surface area (Å²) < 4.78 is 0. The molecule has 3 unspecified atom stereocenters. The average molecular weight is 307 g/mol. The molecule has 1 aliphatic carbocycles. The SMILES string of the molecule is CCSC1CCC(N(C)C(=O)C(C)C2CNC2)C1.Cl. The summed E-state index contributed by atoms with van der Waals surface area (Å²) in [7, 11) is 2.01. The lowest BCUT2D eigenvalue weighted by Gasteiger charge is -2.35. The monoisotopic (exact) mass is 306 g/mol. The largest absolute Gasteiger partial charge is 0.342 e. The third kappa shape index (κ3) is 4.02. The van der Waals surface area contributed by atoms with Gasteiger partial charge in [-0.05, 0) is 44.0 Å². The fourth-order valence-corrected chi connectivity index (χ4v) is 4.16. The van der Waals surface area contributed by atoms with Gasteiger partial charge in [-0.15, -0.1) is 12.4 Å². The molecule has 0 aromatic carbocycles. The normalized spacial score (nSPS) is 28.4. The minimum absolute atomic E-state index is 0. The lowest BCUT2D eigenvalue weighted by atomic mass is 9.87. The lowest BCUT2D eigenvalue weighted by molar-refractivity contribution is -0.138. The predicted octanol–water partition coefficient (Wildman–Crippen LogP) is 2.40. The van der Waals surface area contributed by atoms with Crippen molar-refractivity contribution in [1.29, 1.82) is 0 Å². The molecular formula is C14H27ClN2OS. The molecule has 19 heavy (non-hydrogen) atoms. The highest BCUT2D eigenvalue weighted by molar-refractivity contribution is 7.99. The highest BCUT2D eigenvalue weighted by atomic mass is 35.5. The maximum atomic E-state index is 12.4. The number of carbonyl (C=O) groups is 1. The summed E-state index contributed by atoms with van der Waals surface area (Å²) in [6, 6.07) is 0.483. The molecular weight excluding hydrogens is 280 g/mol. The Balaban J connectivity index is 0.00000180. The Hall–Kier alpha value is 0.0700. The second-order valence-corrected chi connectivity index (χ2v) is 7.28. The first-order valence-corrected chi connectivity index (χ1v) is 8.27. The Kier molecular flexibility index (Phi) is 6.98. The summed E-state index contributed by atoms with van der Waals surface area (Å²) in [6.45, 7) is 6.34. The number of hydrogen-bond donors (Lipinski definition) is 1. The van der Waals surface area contributed by atoms with Crippen LogP contribution in [0.2, 0.25) is 0 Å². The average Bonchev–Trinajstić information content (AvgIpc) is 2.74. The summed E-state index contributed by atoms with van der Waals surface area (Å²) in [4.78, 5) is 14.5. The van der Waals surface area contributed by atoms with E-state index in [2.05, 4.69) is 30.9 Å². The van der Waals surface area contributed by atoms with Crippen LogP contribution in [-0.2, 0) is 4.79 Å². The number of halogens is 1. The van der Waals surface area contributed by atoms with Crippen LogP contribution in [0.4, 0.5) is 0 Å². The highest BCUT2D eigenvalue weighted by Crippen LogP contribution is 2.33. The first-order valence-electron chi connectivity index (χ1n) is 7.22. The van der Waals surface area contributed by atoms with E-state index in [1.165, 1.54) is 25.0 Å². The van der Waals surface area contributed by atoms with Gasteiger partial charge in [0.25, 0.3) is 0 Å². The number of hydrogen-bond acceptors (Lipinski definition) is 3. The standard InChI is InChI=1S/C14H26N2OS.ClH/c1-4-18-13-6-5-12(7-13)16(3)14(17)10(2)11-8-15-9-11;/h10-13,15H,4-9H2,1-3H3;1H. The van der Waals surface area contributed by atoms with E-state index in [4.69, 9.17) is 0 Å². The van der Waals surface area contributed by atoms with Crippen molar-refractivity contribution in [2.24, 2.45) is 11.8 Å². The zero-order valence-corrected chi connectivity index (χ0v) is 13.9. The van der Waals surface area contributed by atoms with Gasteiger partial charge in [0.15, 0.2) is 0 Å². The zero-order valence-electron chi connectivity index (χ0n) is 12.2. The molecule has 3 atom stereocenters. The van der Waals surface area contributed by atoms with Crippen molar-refractivity contribution in [2.75, 3.05) is 25.9 Å². The highest BCUT2D eigenvalue weighted by Gasteiger charge is 2.35. The van der Waals surface area contributed by atoms with Crippen LogP contribution < -0.4 is 5.32 Å². The van der Waals surface area contributed by atoms with Crippen molar-refractivity contribution in [3.63, 3.8) is 0 Å². The molecule has 0 bridgehead atoms. The van der Waals surface area contributed by atoms with E-state index in [-0.39, 0.29) is 18.3 Å². The maximum absolute atomic E-state index is 12.4. The topological polar surface area (TPSA) is 32.3 Å². The predicted molar refractivity (Wildman–Crippen MR) is 85.1 cm³/mol. The van der Waals surface area contributed by atoms with Gasteiger partial charge in [-0.25, -0.2) is 0 Å². The van der Waals surface area contributed by atoms with Crippen LogP contribution in [0.25, 0.3) is 0 Å². The molecule has 0 aromatic rings. The van der Waals surface area contributed by atoms with Gasteiger partial charge >= 0.3 is 0 Å². The molecule has 1 aliphatic heterocycles. The molecule has 1 heterocycles. The Morgan fingerprint density at radius 1 is 1.42 bits per heavy atom. The van der Waals surface area contributed by atoms with E-state index in [1.54, 1.807) is 0 Å². The second kappa shape index (κ2) is 7.75. The first kappa shape index (κ1) is 17.1. The van der Waals surface area contributed by atoms with Crippen molar-refractivity contribution in [3.8, 4) is 0 Å².